The predicted octanol–water partition coefficient (Wildman–Crippen LogP) is 3.41. The van der Waals surface area contributed by atoms with Gasteiger partial charge in [0.1, 0.15) is 5.82 Å². The molecular weight excluding hydrogens is 335 g/mol. The smallest absolute Gasteiger partial charge is 0.241 e. The quantitative estimate of drug-likeness (QED) is 0.887. The second-order valence-corrected chi connectivity index (χ2v) is 5.72. The molecule has 1 atom stereocenters. The lowest BCUT2D eigenvalue weighted by Gasteiger charge is -2.14. The van der Waals surface area contributed by atoms with Crippen molar-refractivity contribution < 1.29 is 9.18 Å². The van der Waals surface area contributed by atoms with E-state index in [1.807, 2.05) is 30.3 Å². The van der Waals surface area contributed by atoms with E-state index in [9.17, 15) is 9.18 Å². The van der Waals surface area contributed by atoms with E-state index in [2.05, 4.69) is 21.2 Å². The lowest BCUT2D eigenvalue weighted by atomic mass is 10.1. The maximum atomic E-state index is 13.5. The Morgan fingerprint density at radius 2 is 2.00 bits per heavy atom. The number of benzene rings is 2. The summed E-state index contributed by atoms with van der Waals surface area (Å²) in [6, 6.07) is 11.7. The van der Waals surface area contributed by atoms with Crippen molar-refractivity contribution in [2.24, 2.45) is 5.73 Å². The normalized spacial score (nSPS) is 12.0. The minimum atomic E-state index is -0.682. The second-order valence-electron chi connectivity index (χ2n) is 4.87. The minimum Gasteiger partial charge on any atom is -0.324 e. The molecule has 0 radical (unpaired) electrons. The van der Waals surface area contributed by atoms with Crippen molar-refractivity contribution in [1.29, 1.82) is 0 Å². The third-order valence-electron chi connectivity index (χ3n) is 3.16. The molecule has 21 heavy (non-hydrogen) atoms. The van der Waals surface area contributed by atoms with E-state index in [4.69, 9.17) is 5.73 Å². The molecule has 0 bridgehead atoms. The van der Waals surface area contributed by atoms with E-state index in [0.29, 0.717) is 16.6 Å². The largest absolute Gasteiger partial charge is 0.324 e. The SMILES string of the molecule is Cc1cc(Br)c(F)cc1NC(=O)C(N)Cc1ccccc1. The summed E-state index contributed by atoms with van der Waals surface area (Å²) in [5.74, 6) is -0.754. The molecule has 1 unspecified atom stereocenters. The van der Waals surface area contributed by atoms with E-state index in [1.165, 1.54) is 6.07 Å². The zero-order valence-electron chi connectivity index (χ0n) is 11.6. The number of hydrogen-bond acceptors (Lipinski definition) is 2. The van der Waals surface area contributed by atoms with Gasteiger partial charge in [0, 0.05) is 5.69 Å². The summed E-state index contributed by atoms with van der Waals surface area (Å²) in [4.78, 5) is 12.1. The molecule has 3 nitrogen and oxygen atoms in total. The monoisotopic (exact) mass is 350 g/mol. The molecule has 0 saturated carbocycles. The number of rotatable bonds is 4. The van der Waals surface area contributed by atoms with Crippen LogP contribution in [0.5, 0.6) is 0 Å². The predicted molar refractivity (Wildman–Crippen MR) is 85.6 cm³/mol. The van der Waals surface area contributed by atoms with Crippen LogP contribution < -0.4 is 11.1 Å². The highest BCUT2D eigenvalue weighted by Crippen LogP contribution is 2.24. The van der Waals surface area contributed by atoms with Crippen molar-refractivity contribution >= 4 is 27.5 Å². The highest BCUT2D eigenvalue weighted by molar-refractivity contribution is 9.10. The molecule has 0 aliphatic rings. The summed E-state index contributed by atoms with van der Waals surface area (Å²) in [7, 11) is 0. The maximum Gasteiger partial charge on any atom is 0.241 e. The first kappa shape index (κ1) is 15.7. The third kappa shape index (κ3) is 4.12. The molecule has 2 aromatic carbocycles. The summed E-state index contributed by atoms with van der Waals surface area (Å²) in [6.45, 7) is 1.79. The van der Waals surface area contributed by atoms with Crippen LogP contribution in [0.2, 0.25) is 0 Å². The number of hydrogen-bond donors (Lipinski definition) is 2. The molecule has 0 aliphatic carbocycles. The number of carbonyl (C=O) groups is 1. The zero-order chi connectivity index (χ0) is 15.4. The van der Waals surface area contributed by atoms with Crippen LogP contribution in [0.15, 0.2) is 46.9 Å². The Bertz CT molecular complexity index is 646. The van der Waals surface area contributed by atoms with E-state index in [1.54, 1.807) is 13.0 Å². The van der Waals surface area contributed by atoms with Crippen molar-refractivity contribution in [2.75, 3.05) is 5.32 Å². The first-order chi connectivity index (χ1) is 9.97. The van der Waals surface area contributed by atoms with Crippen LogP contribution in [0.4, 0.5) is 10.1 Å². The number of halogens is 2. The molecule has 3 N–H and O–H groups in total. The molecule has 0 fully saturated rings. The van der Waals surface area contributed by atoms with Gasteiger partial charge in [0.15, 0.2) is 0 Å². The lowest BCUT2D eigenvalue weighted by Crippen LogP contribution is -2.37. The number of nitrogens with two attached hydrogens (primary N) is 1. The van der Waals surface area contributed by atoms with Crippen LogP contribution in [-0.4, -0.2) is 11.9 Å². The van der Waals surface area contributed by atoms with E-state index < -0.39 is 11.9 Å². The van der Waals surface area contributed by atoms with Crippen molar-refractivity contribution in [1.82, 2.24) is 0 Å². The highest BCUT2D eigenvalue weighted by Gasteiger charge is 2.16. The van der Waals surface area contributed by atoms with Gasteiger partial charge in [-0.1, -0.05) is 30.3 Å². The van der Waals surface area contributed by atoms with Crippen LogP contribution in [0.25, 0.3) is 0 Å². The van der Waals surface area contributed by atoms with Gasteiger partial charge in [0.05, 0.1) is 10.5 Å². The standard InChI is InChI=1S/C16H16BrFN2O/c1-10-7-12(17)13(18)9-15(10)20-16(21)14(19)8-11-5-3-2-4-6-11/h2-7,9,14H,8,19H2,1H3,(H,20,21). The third-order valence-corrected chi connectivity index (χ3v) is 3.77. The van der Waals surface area contributed by atoms with Crippen molar-refractivity contribution in [3.63, 3.8) is 0 Å². The Labute approximate surface area is 131 Å². The van der Waals surface area contributed by atoms with Crippen molar-refractivity contribution in [2.45, 2.75) is 19.4 Å². The van der Waals surface area contributed by atoms with Crippen LogP contribution in [-0.2, 0) is 11.2 Å². The molecule has 2 rings (SSSR count). The van der Waals surface area contributed by atoms with Gasteiger partial charge in [0.25, 0.3) is 0 Å². The van der Waals surface area contributed by atoms with Crippen LogP contribution >= 0.6 is 15.9 Å². The molecule has 0 aliphatic heterocycles. The molecule has 0 heterocycles. The highest BCUT2D eigenvalue weighted by atomic mass is 79.9. The number of anilines is 1. The van der Waals surface area contributed by atoms with Gasteiger partial charge in [-0.05, 0) is 52.5 Å². The number of amides is 1. The molecule has 1 amide bonds. The summed E-state index contributed by atoms with van der Waals surface area (Å²) >= 11 is 3.11. The number of nitrogens with one attached hydrogen (secondary N) is 1. The average molecular weight is 351 g/mol. The van der Waals surface area contributed by atoms with Crippen LogP contribution in [0.1, 0.15) is 11.1 Å². The molecule has 2 aromatic rings. The Balaban J connectivity index is 2.06. The summed E-state index contributed by atoms with van der Waals surface area (Å²) < 4.78 is 13.9. The fraction of sp³-hybridized carbons (Fsp3) is 0.188. The molecular formula is C16H16BrFN2O. The van der Waals surface area contributed by atoms with Gasteiger partial charge >= 0.3 is 0 Å². The molecule has 110 valence electrons. The topological polar surface area (TPSA) is 55.1 Å². The van der Waals surface area contributed by atoms with Gasteiger partial charge < -0.3 is 11.1 Å². The fourth-order valence-electron chi connectivity index (χ4n) is 1.97. The van der Waals surface area contributed by atoms with Gasteiger partial charge in [-0.3, -0.25) is 4.79 Å². The van der Waals surface area contributed by atoms with Crippen molar-refractivity contribution in [3.8, 4) is 0 Å². The maximum absolute atomic E-state index is 13.5. The van der Waals surface area contributed by atoms with Crippen molar-refractivity contribution in [3.05, 3.63) is 63.9 Å². The molecule has 5 heteroatoms. The fourth-order valence-corrected chi connectivity index (χ4v) is 2.42. The minimum absolute atomic E-state index is 0.330. The lowest BCUT2D eigenvalue weighted by molar-refractivity contribution is -0.117. The van der Waals surface area contributed by atoms with Gasteiger partial charge in [-0.15, -0.1) is 0 Å². The Morgan fingerprint density at radius 1 is 1.33 bits per heavy atom. The average Bonchev–Trinajstić information content (AvgIpc) is 2.45. The Hall–Kier alpha value is -1.72. The van der Waals surface area contributed by atoms with E-state index in [-0.39, 0.29) is 5.91 Å². The molecule has 0 spiro atoms. The first-order valence-electron chi connectivity index (χ1n) is 6.53. The summed E-state index contributed by atoms with van der Waals surface area (Å²) in [6.07, 6.45) is 0.435. The Morgan fingerprint density at radius 3 is 2.67 bits per heavy atom. The van der Waals surface area contributed by atoms with E-state index in [0.717, 1.165) is 11.1 Å². The molecule has 0 saturated heterocycles. The molecule has 0 aromatic heterocycles. The Kier molecular flexibility index (Phi) is 5.09. The van der Waals surface area contributed by atoms with Gasteiger partial charge in [0.2, 0.25) is 5.91 Å². The zero-order valence-corrected chi connectivity index (χ0v) is 13.2. The van der Waals surface area contributed by atoms with Gasteiger partial charge in [-0.2, -0.15) is 0 Å². The first-order valence-corrected chi connectivity index (χ1v) is 7.32. The summed E-state index contributed by atoms with van der Waals surface area (Å²) in [5.41, 5.74) is 8.09. The second kappa shape index (κ2) is 6.83. The number of aryl methyl sites for hydroxylation is 1. The van der Waals surface area contributed by atoms with Crippen LogP contribution in [0.3, 0.4) is 0 Å². The van der Waals surface area contributed by atoms with Gasteiger partial charge in [-0.25, -0.2) is 4.39 Å². The van der Waals surface area contributed by atoms with E-state index >= 15 is 0 Å². The van der Waals surface area contributed by atoms with Crippen LogP contribution in [0, 0.1) is 12.7 Å². The summed E-state index contributed by atoms with van der Waals surface area (Å²) in [5, 5.41) is 2.67. The number of carbonyl (C=O) groups excluding carboxylic acids is 1.